The monoisotopic (exact) mass is 323 g/mol. The summed E-state index contributed by atoms with van der Waals surface area (Å²) >= 11 is 16.0. The average molecular weight is 325 g/mol. The molecule has 1 rings (SSSR count). The zero-order valence-corrected chi connectivity index (χ0v) is 11.1. The molecule has 0 aromatic heterocycles. The fraction of sp³-hybridized carbons (Fsp3) is 0.875. The number of aliphatic hydroxyl groups is 4. The SMILES string of the molecule is N[C@@H]1[C@@H](O)[C@H](O)[C@@H](CO)OC1(O)C(=O)C(Cl)(Cl)Cl. The summed E-state index contributed by atoms with van der Waals surface area (Å²) in [5.74, 6) is -4.24. The first-order valence-electron chi connectivity index (χ1n) is 4.80. The molecule has 0 radical (unpaired) electrons. The first kappa shape index (κ1) is 16.4. The van der Waals surface area contributed by atoms with Crippen LogP contribution in [-0.2, 0) is 9.53 Å². The van der Waals surface area contributed by atoms with Crippen molar-refractivity contribution >= 4 is 40.6 Å². The zero-order chi connectivity index (χ0) is 14.3. The largest absolute Gasteiger partial charge is 0.394 e. The van der Waals surface area contributed by atoms with E-state index < -0.39 is 46.3 Å². The van der Waals surface area contributed by atoms with Crippen LogP contribution in [0.15, 0.2) is 0 Å². The Morgan fingerprint density at radius 3 is 2.22 bits per heavy atom. The van der Waals surface area contributed by atoms with Gasteiger partial charge in [0, 0.05) is 0 Å². The third kappa shape index (κ3) is 2.74. The number of aliphatic hydroxyl groups excluding tert-OH is 3. The Balaban J connectivity index is 3.10. The Labute approximate surface area is 117 Å². The van der Waals surface area contributed by atoms with Gasteiger partial charge in [-0.05, 0) is 0 Å². The van der Waals surface area contributed by atoms with Crippen LogP contribution in [0.3, 0.4) is 0 Å². The normalized spacial score (nSPS) is 41.8. The highest BCUT2D eigenvalue weighted by Gasteiger charge is 2.60. The molecule has 1 heterocycles. The van der Waals surface area contributed by atoms with Crippen molar-refractivity contribution in [1.82, 2.24) is 0 Å². The van der Waals surface area contributed by atoms with Crippen LogP contribution in [0, 0.1) is 0 Å². The number of ether oxygens (including phenoxy) is 1. The third-order valence-corrected chi connectivity index (χ3v) is 3.16. The summed E-state index contributed by atoms with van der Waals surface area (Å²) in [6, 6.07) is -1.74. The summed E-state index contributed by atoms with van der Waals surface area (Å²) in [5, 5.41) is 38.0. The van der Waals surface area contributed by atoms with Gasteiger partial charge < -0.3 is 30.9 Å². The molecule has 0 bridgehead atoms. The Morgan fingerprint density at radius 2 is 1.83 bits per heavy atom. The van der Waals surface area contributed by atoms with E-state index in [1.54, 1.807) is 0 Å². The topological polar surface area (TPSA) is 133 Å². The molecule has 0 aromatic carbocycles. The lowest BCUT2D eigenvalue weighted by Crippen LogP contribution is -2.72. The number of carbonyl (C=O) groups excluding carboxylic acids is 1. The molecular weight excluding hydrogens is 312 g/mol. The van der Waals surface area contributed by atoms with Gasteiger partial charge in [-0.1, -0.05) is 34.8 Å². The quantitative estimate of drug-likeness (QED) is 0.373. The molecule has 0 aromatic rings. The molecule has 1 fully saturated rings. The van der Waals surface area contributed by atoms with Gasteiger partial charge in [-0.25, -0.2) is 0 Å². The average Bonchev–Trinajstić information content (AvgIpc) is 2.29. The predicted octanol–water partition coefficient (Wildman–Crippen LogP) is -1.95. The summed E-state index contributed by atoms with van der Waals surface area (Å²) in [6.07, 6.45) is -4.77. The van der Waals surface area contributed by atoms with E-state index in [-0.39, 0.29) is 0 Å². The van der Waals surface area contributed by atoms with Crippen LogP contribution in [-0.4, -0.2) is 66.7 Å². The Bertz CT molecular complexity index is 335. The number of Topliss-reactive ketones (excluding diaryl/α,β-unsaturated/α-hetero) is 1. The summed E-state index contributed by atoms with van der Waals surface area (Å²) < 4.78 is 2.24. The van der Waals surface area contributed by atoms with Gasteiger partial charge in [-0.3, -0.25) is 4.79 Å². The van der Waals surface area contributed by atoms with Gasteiger partial charge in [0.15, 0.2) is 0 Å². The molecule has 1 saturated heterocycles. The lowest BCUT2D eigenvalue weighted by molar-refractivity contribution is -0.297. The van der Waals surface area contributed by atoms with Crippen LogP contribution in [0.25, 0.3) is 0 Å². The van der Waals surface area contributed by atoms with Crippen molar-refractivity contribution in [1.29, 1.82) is 0 Å². The maximum Gasteiger partial charge on any atom is 0.254 e. The maximum absolute atomic E-state index is 11.7. The molecule has 1 unspecified atom stereocenters. The zero-order valence-electron chi connectivity index (χ0n) is 8.83. The van der Waals surface area contributed by atoms with Crippen LogP contribution in [0.1, 0.15) is 0 Å². The van der Waals surface area contributed by atoms with Gasteiger partial charge in [-0.2, -0.15) is 0 Å². The van der Waals surface area contributed by atoms with Gasteiger partial charge in [0.05, 0.1) is 12.6 Å². The Kier molecular flexibility index (Phi) is 4.86. The number of nitrogens with two attached hydrogens (primary N) is 1. The van der Waals surface area contributed by atoms with Gasteiger partial charge in [-0.15, -0.1) is 0 Å². The highest BCUT2D eigenvalue weighted by molar-refractivity contribution is 6.76. The van der Waals surface area contributed by atoms with Gasteiger partial charge in [0.25, 0.3) is 3.79 Å². The van der Waals surface area contributed by atoms with E-state index >= 15 is 0 Å². The molecule has 106 valence electrons. The number of carbonyl (C=O) groups is 1. The van der Waals surface area contributed by atoms with Crippen LogP contribution < -0.4 is 5.73 Å². The van der Waals surface area contributed by atoms with Crippen molar-refractivity contribution in [3.05, 3.63) is 0 Å². The van der Waals surface area contributed by atoms with Crippen molar-refractivity contribution in [2.45, 2.75) is 33.9 Å². The van der Waals surface area contributed by atoms with Crippen molar-refractivity contribution in [2.75, 3.05) is 6.61 Å². The Hall–Kier alpha value is 0.300. The van der Waals surface area contributed by atoms with E-state index in [0.29, 0.717) is 0 Å². The molecule has 10 heteroatoms. The number of rotatable bonds is 2. The second-order valence-corrected chi connectivity index (χ2v) is 6.15. The molecular formula is C8H12Cl3NO6. The molecule has 0 spiro atoms. The van der Waals surface area contributed by atoms with Crippen molar-refractivity contribution in [3.8, 4) is 0 Å². The fourth-order valence-electron chi connectivity index (χ4n) is 1.60. The van der Waals surface area contributed by atoms with Gasteiger partial charge >= 0.3 is 0 Å². The van der Waals surface area contributed by atoms with E-state index in [1.807, 2.05) is 0 Å². The highest BCUT2D eigenvalue weighted by Crippen LogP contribution is 2.37. The minimum absolute atomic E-state index is 0.777. The van der Waals surface area contributed by atoms with Crippen LogP contribution in [0.5, 0.6) is 0 Å². The second-order valence-electron chi connectivity index (χ2n) is 3.87. The molecule has 7 nitrogen and oxygen atoms in total. The Morgan fingerprint density at radius 1 is 1.33 bits per heavy atom. The molecule has 0 amide bonds. The highest BCUT2D eigenvalue weighted by atomic mass is 35.6. The number of ketones is 1. The summed E-state index contributed by atoms with van der Waals surface area (Å²) in [4.78, 5) is 11.7. The standard InChI is InChI=1S/C8H12Cl3NO6/c9-8(10,11)6(16)7(17)5(12)4(15)3(14)2(1-13)18-7/h2-5,13-15,17H,1,12H2/t2-,3-,4+,5-,7?/m1/s1. The molecule has 6 N–H and O–H groups in total. The van der Waals surface area contributed by atoms with Crippen LogP contribution >= 0.6 is 34.8 Å². The molecule has 1 aliphatic heterocycles. The van der Waals surface area contributed by atoms with Crippen molar-refractivity contribution in [3.63, 3.8) is 0 Å². The summed E-state index contributed by atoms with van der Waals surface area (Å²) in [6.45, 7) is -0.777. The van der Waals surface area contributed by atoms with Crippen molar-refractivity contribution < 1.29 is 30.0 Å². The smallest absolute Gasteiger partial charge is 0.254 e. The van der Waals surface area contributed by atoms with E-state index in [0.717, 1.165) is 0 Å². The first-order valence-corrected chi connectivity index (χ1v) is 5.93. The van der Waals surface area contributed by atoms with Gasteiger partial charge in [0.1, 0.15) is 18.3 Å². The summed E-state index contributed by atoms with van der Waals surface area (Å²) in [7, 11) is 0. The number of halogens is 3. The van der Waals surface area contributed by atoms with Crippen molar-refractivity contribution in [2.24, 2.45) is 5.73 Å². The first-order chi connectivity index (χ1) is 8.05. The number of hydrogen-bond acceptors (Lipinski definition) is 7. The van der Waals surface area contributed by atoms with Gasteiger partial charge in [0.2, 0.25) is 11.6 Å². The minimum Gasteiger partial charge on any atom is -0.394 e. The lowest BCUT2D eigenvalue weighted by Gasteiger charge is -2.45. The molecule has 18 heavy (non-hydrogen) atoms. The lowest BCUT2D eigenvalue weighted by atomic mass is 9.89. The number of alkyl halides is 3. The molecule has 0 aliphatic carbocycles. The third-order valence-electron chi connectivity index (χ3n) is 2.64. The maximum atomic E-state index is 11.7. The molecule has 1 aliphatic rings. The minimum atomic E-state index is -2.82. The van der Waals surface area contributed by atoms with Crippen LogP contribution in [0.4, 0.5) is 0 Å². The molecule has 5 atom stereocenters. The van der Waals surface area contributed by atoms with Crippen LogP contribution in [0.2, 0.25) is 0 Å². The predicted molar refractivity (Wildman–Crippen MR) is 62.2 cm³/mol. The fourth-order valence-corrected chi connectivity index (χ4v) is 2.00. The second kappa shape index (κ2) is 5.35. The summed E-state index contributed by atoms with van der Waals surface area (Å²) in [5.41, 5.74) is 5.40. The number of hydrogen-bond donors (Lipinski definition) is 5. The van der Waals surface area contributed by atoms with E-state index in [1.165, 1.54) is 0 Å². The van der Waals surface area contributed by atoms with E-state index in [4.69, 9.17) is 50.4 Å². The molecule has 0 saturated carbocycles. The van der Waals surface area contributed by atoms with E-state index in [9.17, 15) is 20.1 Å². The van der Waals surface area contributed by atoms with E-state index in [2.05, 4.69) is 0 Å².